The molecule has 0 unspecified atom stereocenters. The summed E-state index contributed by atoms with van der Waals surface area (Å²) >= 11 is 0. The lowest BCUT2D eigenvalue weighted by atomic mass is 10.1. The molecule has 0 aliphatic heterocycles. The molecule has 0 saturated heterocycles. The zero-order valence-corrected chi connectivity index (χ0v) is 14.0. The standard InChI is InChI=1S/C19H21FN2O3/c1-2-25-19(24)15-8-4-6-10-17(15)22-18(23)13-21-12-11-14-7-3-5-9-16(14)20/h3-10,21H,2,11-13H2,1H3,(H,22,23). The zero-order valence-electron chi connectivity index (χ0n) is 14.0. The Morgan fingerprint density at radius 1 is 1.08 bits per heavy atom. The molecule has 2 aromatic carbocycles. The average Bonchev–Trinajstić information content (AvgIpc) is 2.61. The van der Waals surface area contributed by atoms with Crippen LogP contribution in [-0.2, 0) is 16.0 Å². The zero-order chi connectivity index (χ0) is 18.1. The van der Waals surface area contributed by atoms with Gasteiger partial charge in [-0.1, -0.05) is 30.3 Å². The van der Waals surface area contributed by atoms with Crippen molar-refractivity contribution < 1.29 is 18.7 Å². The second-order valence-corrected chi connectivity index (χ2v) is 5.33. The number of carbonyl (C=O) groups is 2. The Kier molecular flexibility index (Phi) is 7.10. The summed E-state index contributed by atoms with van der Waals surface area (Å²) in [6.45, 7) is 2.51. The molecule has 0 aromatic heterocycles. The number of halogens is 1. The molecule has 2 N–H and O–H groups in total. The summed E-state index contributed by atoms with van der Waals surface area (Å²) in [6, 6.07) is 13.2. The van der Waals surface area contributed by atoms with Gasteiger partial charge in [-0.05, 0) is 43.7 Å². The fourth-order valence-electron chi connectivity index (χ4n) is 2.30. The van der Waals surface area contributed by atoms with Crippen LogP contribution in [0.5, 0.6) is 0 Å². The number of benzene rings is 2. The van der Waals surface area contributed by atoms with Crippen molar-refractivity contribution in [3.63, 3.8) is 0 Å². The number of nitrogens with one attached hydrogen (secondary N) is 2. The fraction of sp³-hybridized carbons (Fsp3) is 0.263. The third-order valence-electron chi connectivity index (χ3n) is 3.51. The Morgan fingerprint density at radius 3 is 2.56 bits per heavy atom. The van der Waals surface area contributed by atoms with Crippen molar-refractivity contribution >= 4 is 17.6 Å². The number of hydrogen-bond donors (Lipinski definition) is 2. The maximum atomic E-state index is 13.5. The van der Waals surface area contributed by atoms with Gasteiger partial charge in [-0.2, -0.15) is 0 Å². The monoisotopic (exact) mass is 344 g/mol. The van der Waals surface area contributed by atoms with Crippen LogP contribution in [0.1, 0.15) is 22.8 Å². The van der Waals surface area contributed by atoms with Gasteiger partial charge in [0.05, 0.1) is 24.4 Å². The normalized spacial score (nSPS) is 10.3. The first-order chi connectivity index (χ1) is 12.1. The predicted molar refractivity (Wildman–Crippen MR) is 94.0 cm³/mol. The molecule has 1 amide bonds. The van der Waals surface area contributed by atoms with E-state index in [1.807, 2.05) is 0 Å². The first-order valence-corrected chi connectivity index (χ1v) is 8.12. The molecular formula is C19H21FN2O3. The second-order valence-electron chi connectivity index (χ2n) is 5.33. The minimum atomic E-state index is -0.481. The molecule has 5 nitrogen and oxygen atoms in total. The van der Waals surface area contributed by atoms with Crippen molar-refractivity contribution in [1.29, 1.82) is 0 Å². The van der Waals surface area contributed by atoms with Gasteiger partial charge in [-0.25, -0.2) is 9.18 Å². The molecular weight excluding hydrogens is 323 g/mol. The number of ether oxygens (including phenoxy) is 1. The predicted octanol–water partition coefficient (Wildman–Crippen LogP) is 2.77. The summed E-state index contributed by atoms with van der Waals surface area (Å²) in [4.78, 5) is 23.9. The van der Waals surface area contributed by atoms with E-state index in [0.29, 0.717) is 29.8 Å². The molecule has 132 valence electrons. The number of hydrogen-bond acceptors (Lipinski definition) is 4. The van der Waals surface area contributed by atoms with Gasteiger partial charge in [0.25, 0.3) is 0 Å². The molecule has 0 bridgehead atoms. The molecule has 0 aliphatic rings. The molecule has 0 radical (unpaired) electrons. The summed E-state index contributed by atoms with van der Waals surface area (Å²) in [5, 5.41) is 5.64. The van der Waals surface area contributed by atoms with Crippen LogP contribution in [0, 0.1) is 5.82 Å². The quantitative estimate of drug-likeness (QED) is 0.571. The molecule has 0 saturated carbocycles. The van der Waals surface area contributed by atoms with E-state index in [4.69, 9.17) is 4.74 Å². The summed E-state index contributed by atoms with van der Waals surface area (Å²) in [7, 11) is 0. The van der Waals surface area contributed by atoms with Crippen molar-refractivity contribution in [3.05, 3.63) is 65.5 Å². The molecule has 0 fully saturated rings. The van der Waals surface area contributed by atoms with E-state index in [9.17, 15) is 14.0 Å². The molecule has 0 spiro atoms. The molecule has 25 heavy (non-hydrogen) atoms. The van der Waals surface area contributed by atoms with E-state index in [1.54, 1.807) is 49.4 Å². The molecule has 2 aromatic rings. The van der Waals surface area contributed by atoms with Gasteiger partial charge >= 0.3 is 5.97 Å². The highest BCUT2D eigenvalue weighted by molar-refractivity contribution is 6.01. The highest BCUT2D eigenvalue weighted by Crippen LogP contribution is 2.16. The molecule has 2 rings (SSSR count). The molecule has 0 heterocycles. The van der Waals surface area contributed by atoms with Crippen molar-refractivity contribution in [2.24, 2.45) is 0 Å². The maximum absolute atomic E-state index is 13.5. The Hall–Kier alpha value is -2.73. The van der Waals surface area contributed by atoms with E-state index in [-0.39, 0.29) is 24.9 Å². The largest absolute Gasteiger partial charge is 0.462 e. The number of esters is 1. The summed E-state index contributed by atoms with van der Waals surface area (Å²) < 4.78 is 18.5. The van der Waals surface area contributed by atoms with Crippen molar-refractivity contribution in [1.82, 2.24) is 5.32 Å². The lowest BCUT2D eigenvalue weighted by Crippen LogP contribution is -2.30. The summed E-state index contributed by atoms with van der Waals surface area (Å²) in [6.07, 6.45) is 0.485. The van der Waals surface area contributed by atoms with Gasteiger partial charge in [0.1, 0.15) is 5.82 Å². The maximum Gasteiger partial charge on any atom is 0.340 e. The van der Waals surface area contributed by atoms with E-state index in [1.165, 1.54) is 6.07 Å². The van der Waals surface area contributed by atoms with E-state index in [0.717, 1.165) is 0 Å². The van der Waals surface area contributed by atoms with Gasteiger partial charge < -0.3 is 15.4 Å². The lowest BCUT2D eigenvalue weighted by Gasteiger charge is -2.11. The van der Waals surface area contributed by atoms with Crippen molar-refractivity contribution in [3.8, 4) is 0 Å². The number of anilines is 1. The second kappa shape index (κ2) is 9.54. The van der Waals surface area contributed by atoms with Crippen LogP contribution >= 0.6 is 0 Å². The Balaban J connectivity index is 1.83. The summed E-state index contributed by atoms with van der Waals surface area (Å²) in [5.41, 5.74) is 1.31. The van der Waals surface area contributed by atoms with E-state index in [2.05, 4.69) is 10.6 Å². The van der Waals surface area contributed by atoms with Gasteiger partial charge in [-0.15, -0.1) is 0 Å². The van der Waals surface area contributed by atoms with Gasteiger partial charge in [-0.3, -0.25) is 4.79 Å². The highest BCUT2D eigenvalue weighted by atomic mass is 19.1. The van der Waals surface area contributed by atoms with Crippen LogP contribution in [0.2, 0.25) is 0 Å². The molecule has 0 atom stereocenters. The Labute approximate surface area is 146 Å². The lowest BCUT2D eigenvalue weighted by molar-refractivity contribution is -0.115. The minimum absolute atomic E-state index is 0.0611. The fourth-order valence-corrected chi connectivity index (χ4v) is 2.30. The molecule has 6 heteroatoms. The SMILES string of the molecule is CCOC(=O)c1ccccc1NC(=O)CNCCc1ccccc1F. The first-order valence-electron chi connectivity index (χ1n) is 8.12. The first kappa shape index (κ1) is 18.6. The third kappa shape index (κ3) is 5.69. The van der Waals surface area contributed by atoms with Gasteiger partial charge in [0.2, 0.25) is 5.91 Å². The average molecular weight is 344 g/mol. The van der Waals surface area contributed by atoms with Crippen LogP contribution < -0.4 is 10.6 Å². The highest BCUT2D eigenvalue weighted by Gasteiger charge is 2.13. The summed E-state index contributed by atoms with van der Waals surface area (Å²) in [5.74, 6) is -1.02. The number of rotatable bonds is 8. The van der Waals surface area contributed by atoms with Crippen LogP contribution in [-0.4, -0.2) is 31.6 Å². The van der Waals surface area contributed by atoms with Crippen LogP contribution in [0.15, 0.2) is 48.5 Å². The number of carbonyl (C=O) groups excluding carboxylic acids is 2. The Bertz CT molecular complexity index is 734. The van der Waals surface area contributed by atoms with E-state index < -0.39 is 5.97 Å². The molecule has 0 aliphatic carbocycles. The van der Waals surface area contributed by atoms with Gasteiger partial charge in [0, 0.05) is 0 Å². The number of para-hydroxylation sites is 1. The number of amides is 1. The van der Waals surface area contributed by atoms with E-state index >= 15 is 0 Å². The van der Waals surface area contributed by atoms with Crippen LogP contribution in [0.4, 0.5) is 10.1 Å². The Morgan fingerprint density at radius 2 is 1.80 bits per heavy atom. The topological polar surface area (TPSA) is 67.4 Å². The smallest absolute Gasteiger partial charge is 0.340 e. The third-order valence-corrected chi connectivity index (χ3v) is 3.51. The minimum Gasteiger partial charge on any atom is -0.462 e. The van der Waals surface area contributed by atoms with Crippen molar-refractivity contribution in [2.45, 2.75) is 13.3 Å². The van der Waals surface area contributed by atoms with Crippen molar-refractivity contribution in [2.75, 3.05) is 25.0 Å². The van der Waals surface area contributed by atoms with Crippen LogP contribution in [0.3, 0.4) is 0 Å². The van der Waals surface area contributed by atoms with Gasteiger partial charge in [0.15, 0.2) is 0 Å². The van der Waals surface area contributed by atoms with Crippen LogP contribution in [0.25, 0.3) is 0 Å².